The Kier molecular flexibility index (Phi) is 4.83. The number of carbonyl (C=O) groups excluding carboxylic acids is 1. The van der Waals surface area contributed by atoms with Gasteiger partial charge in [0.1, 0.15) is 31.2 Å². The van der Waals surface area contributed by atoms with Crippen LogP contribution in [0.1, 0.15) is 15.9 Å². The number of ether oxygens (including phenoxy) is 4. The van der Waals surface area contributed by atoms with Gasteiger partial charge < -0.3 is 23.4 Å². The fourth-order valence-electron chi connectivity index (χ4n) is 2.91. The van der Waals surface area contributed by atoms with E-state index in [2.05, 4.69) is 0 Å². The summed E-state index contributed by atoms with van der Waals surface area (Å²) >= 11 is 6.16. The Morgan fingerprint density at radius 2 is 1.96 bits per heavy atom. The first-order valence-electron chi connectivity index (χ1n) is 8.42. The Morgan fingerprint density at radius 1 is 1.14 bits per heavy atom. The van der Waals surface area contributed by atoms with Gasteiger partial charge in [-0.3, -0.25) is 0 Å². The second-order valence-electron chi connectivity index (χ2n) is 6.01. The van der Waals surface area contributed by atoms with Crippen LogP contribution in [0.2, 0.25) is 5.02 Å². The summed E-state index contributed by atoms with van der Waals surface area (Å²) in [6, 6.07) is 9.34. The van der Waals surface area contributed by atoms with Gasteiger partial charge in [-0.25, -0.2) is 9.59 Å². The van der Waals surface area contributed by atoms with Gasteiger partial charge in [0.2, 0.25) is 0 Å². The molecule has 0 aliphatic carbocycles. The molecule has 0 fully saturated rings. The first-order chi connectivity index (χ1) is 13.5. The highest BCUT2D eigenvalue weighted by atomic mass is 35.5. The molecule has 4 rings (SSSR count). The third-order valence-corrected chi connectivity index (χ3v) is 4.51. The van der Waals surface area contributed by atoms with Crippen LogP contribution in [0.4, 0.5) is 0 Å². The Hall–Kier alpha value is -3.19. The van der Waals surface area contributed by atoms with Gasteiger partial charge in [0.25, 0.3) is 0 Å². The van der Waals surface area contributed by atoms with Gasteiger partial charge in [-0.1, -0.05) is 11.6 Å². The number of rotatable bonds is 4. The van der Waals surface area contributed by atoms with Crippen LogP contribution in [0.3, 0.4) is 0 Å². The lowest BCUT2D eigenvalue weighted by Gasteiger charge is -2.20. The molecule has 0 unspecified atom stereocenters. The van der Waals surface area contributed by atoms with Gasteiger partial charge in [0.05, 0.1) is 17.7 Å². The van der Waals surface area contributed by atoms with Crippen molar-refractivity contribution in [2.75, 3.05) is 20.3 Å². The predicted molar refractivity (Wildman–Crippen MR) is 101 cm³/mol. The molecule has 3 aromatic rings. The zero-order valence-electron chi connectivity index (χ0n) is 14.8. The standard InChI is InChI=1S/C20H15ClO7/c1-24-13-2-3-14-12(8-18(22)28-16(14)9-13)10-27-20(23)11-6-15(21)19-17(7-11)25-4-5-26-19/h2-3,6-9H,4-5,10H2,1H3. The number of carbonyl (C=O) groups is 1. The lowest BCUT2D eigenvalue weighted by atomic mass is 10.1. The summed E-state index contributed by atoms with van der Waals surface area (Å²) in [4.78, 5) is 24.3. The van der Waals surface area contributed by atoms with Crippen molar-refractivity contribution in [1.29, 1.82) is 0 Å². The quantitative estimate of drug-likeness (QED) is 0.487. The van der Waals surface area contributed by atoms with Gasteiger partial charge >= 0.3 is 11.6 Å². The lowest BCUT2D eigenvalue weighted by Crippen LogP contribution is -2.16. The number of methoxy groups -OCH3 is 1. The van der Waals surface area contributed by atoms with Crippen molar-refractivity contribution in [3.05, 3.63) is 63.0 Å². The Balaban J connectivity index is 1.59. The van der Waals surface area contributed by atoms with Gasteiger partial charge in [0.15, 0.2) is 11.5 Å². The molecule has 2 heterocycles. The van der Waals surface area contributed by atoms with Crippen LogP contribution >= 0.6 is 11.6 Å². The highest BCUT2D eigenvalue weighted by Crippen LogP contribution is 2.38. The maximum absolute atomic E-state index is 12.5. The Bertz CT molecular complexity index is 1120. The first kappa shape index (κ1) is 18.2. The van der Waals surface area contributed by atoms with E-state index in [1.807, 2.05) is 0 Å². The highest BCUT2D eigenvalue weighted by Gasteiger charge is 2.20. The van der Waals surface area contributed by atoms with Crippen LogP contribution in [0.25, 0.3) is 11.0 Å². The molecule has 8 heteroatoms. The lowest BCUT2D eigenvalue weighted by molar-refractivity contribution is 0.0472. The zero-order chi connectivity index (χ0) is 19.7. The Morgan fingerprint density at radius 3 is 2.79 bits per heavy atom. The molecule has 0 spiro atoms. The smallest absolute Gasteiger partial charge is 0.338 e. The normalized spacial score (nSPS) is 12.6. The SMILES string of the molecule is COc1ccc2c(COC(=O)c3cc(Cl)c4c(c3)OCCO4)cc(=O)oc2c1. The fraction of sp³-hybridized carbons (Fsp3) is 0.200. The fourth-order valence-corrected chi connectivity index (χ4v) is 3.18. The molecule has 0 N–H and O–H groups in total. The van der Waals surface area contributed by atoms with Crippen molar-refractivity contribution in [3.63, 3.8) is 0 Å². The average Bonchev–Trinajstić information content (AvgIpc) is 2.71. The molecule has 144 valence electrons. The summed E-state index contributed by atoms with van der Waals surface area (Å²) in [5.41, 5.74) is 0.545. The van der Waals surface area contributed by atoms with Crippen LogP contribution in [-0.2, 0) is 11.3 Å². The van der Waals surface area contributed by atoms with E-state index in [1.54, 1.807) is 18.2 Å². The van der Waals surface area contributed by atoms with Crippen molar-refractivity contribution in [1.82, 2.24) is 0 Å². The minimum Gasteiger partial charge on any atom is -0.497 e. The van der Waals surface area contributed by atoms with E-state index in [1.165, 1.54) is 25.3 Å². The number of benzene rings is 2. The third kappa shape index (κ3) is 3.48. The van der Waals surface area contributed by atoms with E-state index >= 15 is 0 Å². The van der Waals surface area contributed by atoms with E-state index in [0.29, 0.717) is 47.0 Å². The number of esters is 1. The van der Waals surface area contributed by atoms with E-state index in [4.69, 9.17) is 35.0 Å². The maximum Gasteiger partial charge on any atom is 0.338 e. The van der Waals surface area contributed by atoms with Crippen molar-refractivity contribution in [2.24, 2.45) is 0 Å². The van der Waals surface area contributed by atoms with Crippen molar-refractivity contribution >= 4 is 28.5 Å². The highest BCUT2D eigenvalue weighted by molar-refractivity contribution is 6.32. The van der Waals surface area contributed by atoms with Crippen LogP contribution in [-0.4, -0.2) is 26.3 Å². The number of halogens is 1. The largest absolute Gasteiger partial charge is 0.497 e. The molecule has 1 aliphatic heterocycles. The van der Waals surface area contributed by atoms with E-state index < -0.39 is 11.6 Å². The summed E-state index contributed by atoms with van der Waals surface area (Å²) in [6.45, 7) is 0.654. The number of hydrogen-bond acceptors (Lipinski definition) is 7. The molecule has 1 aliphatic rings. The summed E-state index contributed by atoms with van der Waals surface area (Å²) in [7, 11) is 1.52. The molecule has 1 aromatic heterocycles. The van der Waals surface area contributed by atoms with Crippen LogP contribution in [0.15, 0.2) is 45.6 Å². The monoisotopic (exact) mass is 402 g/mol. The molecular weight excluding hydrogens is 388 g/mol. The van der Waals surface area contributed by atoms with Gasteiger partial charge in [-0.2, -0.15) is 0 Å². The average molecular weight is 403 g/mol. The molecule has 2 aromatic carbocycles. The minimum atomic E-state index is -0.603. The molecule has 0 bridgehead atoms. The van der Waals surface area contributed by atoms with Crippen LogP contribution in [0, 0.1) is 0 Å². The molecule has 0 atom stereocenters. The topological polar surface area (TPSA) is 84.2 Å². The summed E-state index contributed by atoms with van der Waals surface area (Å²) < 4.78 is 26.6. The van der Waals surface area contributed by atoms with Gasteiger partial charge in [0, 0.05) is 23.1 Å². The van der Waals surface area contributed by atoms with E-state index in [-0.39, 0.29) is 17.2 Å². The van der Waals surface area contributed by atoms with E-state index in [9.17, 15) is 9.59 Å². The predicted octanol–water partition coefficient (Wildman–Crippen LogP) is 3.58. The molecule has 28 heavy (non-hydrogen) atoms. The minimum absolute atomic E-state index is 0.112. The molecule has 0 saturated carbocycles. The third-order valence-electron chi connectivity index (χ3n) is 4.23. The van der Waals surface area contributed by atoms with Crippen LogP contribution < -0.4 is 19.8 Å². The molecule has 7 nitrogen and oxygen atoms in total. The second-order valence-corrected chi connectivity index (χ2v) is 6.42. The van der Waals surface area contributed by atoms with E-state index in [0.717, 1.165) is 0 Å². The van der Waals surface area contributed by atoms with Crippen molar-refractivity contribution in [2.45, 2.75) is 6.61 Å². The van der Waals surface area contributed by atoms with Crippen molar-refractivity contribution < 1.29 is 28.2 Å². The molecular formula is C20H15ClO7. The van der Waals surface area contributed by atoms with Crippen molar-refractivity contribution in [3.8, 4) is 17.2 Å². The second kappa shape index (κ2) is 7.44. The maximum atomic E-state index is 12.5. The first-order valence-corrected chi connectivity index (χ1v) is 8.80. The molecule has 0 saturated heterocycles. The molecule has 0 amide bonds. The van der Waals surface area contributed by atoms with Crippen LogP contribution in [0.5, 0.6) is 17.2 Å². The zero-order valence-corrected chi connectivity index (χ0v) is 15.6. The number of fused-ring (bicyclic) bond motifs is 2. The summed E-state index contributed by atoms with van der Waals surface area (Å²) in [5, 5.41) is 0.912. The summed E-state index contributed by atoms with van der Waals surface area (Å²) in [5.74, 6) is 0.748. The number of hydrogen-bond donors (Lipinski definition) is 0. The summed E-state index contributed by atoms with van der Waals surface area (Å²) in [6.07, 6.45) is 0. The molecule has 0 radical (unpaired) electrons. The van der Waals surface area contributed by atoms with Gasteiger partial charge in [-0.05, 0) is 24.3 Å². The Labute approximate surface area is 164 Å². The van der Waals surface area contributed by atoms with Gasteiger partial charge in [-0.15, -0.1) is 0 Å².